The summed E-state index contributed by atoms with van der Waals surface area (Å²) >= 11 is 0. The maximum atomic E-state index is 8.63. The highest BCUT2D eigenvalue weighted by Gasteiger charge is 1.81. The van der Waals surface area contributed by atoms with E-state index in [9.17, 15) is 0 Å². The Morgan fingerprint density at radius 2 is 1.71 bits per heavy atom. The zero-order valence-electron chi connectivity index (χ0n) is 10.8. The molecule has 0 atom stereocenters. The van der Waals surface area contributed by atoms with Crippen LogP contribution in [0.3, 0.4) is 0 Å². The van der Waals surface area contributed by atoms with Crippen LogP contribution in [0.4, 0.5) is 0 Å². The molecule has 17 heavy (non-hydrogen) atoms. The smallest absolute Gasteiger partial charge is 0.115 e. The molecule has 1 aromatic carbocycles. The van der Waals surface area contributed by atoms with E-state index in [1.165, 1.54) is 32.1 Å². The van der Waals surface area contributed by atoms with E-state index in [0.29, 0.717) is 5.75 Å². The molecule has 0 saturated heterocycles. The lowest BCUT2D eigenvalue weighted by atomic mass is 10.2. The van der Waals surface area contributed by atoms with Crippen LogP contribution in [0.15, 0.2) is 43.0 Å². The van der Waals surface area contributed by atoms with Gasteiger partial charge in [0.2, 0.25) is 0 Å². The highest BCUT2D eigenvalue weighted by molar-refractivity contribution is 5.18. The van der Waals surface area contributed by atoms with Gasteiger partial charge in [0.15, 0.2) is 0 Å². The number of hydrogen-bond donors (Lipinski definition) is 1. The minimum Gasteiger partial charge on any atom is -0.508 e. The summed E-state index contributed by atoms with van der Waals surface area (Å²) in [5, 5.41) is 8.63. The average molecular weight is 236 g/mol. The number of rotatable bonds is 5. The van der Waals surface area contributed by atoms with Crippen LogP contribution < -0.4 is 0 Å². The van der Waals surface area contributed by atoms with Crippen molar-refractivity contribution in [3.05, 3.63) is 43.0 Å². The SMILES string of the molecule is C=CCCCCCC.C=O.Oc1ccccc1. The molecule has 1 rings (SSSR count). The molecule has 2 heteroatoms. The molecule has 0 aliphatic heterocycles. The van der Waals surface area contributed by atoms with Gasteiger partial charge in [-0.3, -0.25) is 0 Å². The van der Waals surface area contributed by atoms with Crippen molar-refractivity contribution in [1.82, 2.24) is 0 Å². The summed E-state index contributed by atoms with van der Waals surface area (Å²) in [5.74, 6) is 0.322. The molecule has 1 aromatic rings. The lowest BCUT2D eigenvalue weighted by Gasteiger charge is -1.91. The van der Waals surface area contributed by atoms with Gasteiger partial charge in [-0.1, -0.05) is 50.5 Å². The summed E-state index contributed by atoms with van der Waals surface area (Å²) in [4.78, 5) is 8.00. The molecule has 1 N–H and O–H groups in total. The van der Waals surface area contributed by atoms with E-state index in [1.54, 1.807) is 24.3 Å². The number of carbonyl (C=O) groups is 1. The molecule has 0 bridgehead atoms. The molecule has 0 aromatic heterocycles. The van der Waals surface area contributed by atoms with Gasteiger partial charge in [0.25, 0.3) is 0 Å². The van der Waals surface area contributed by atoms with Crippen LogP contribution in [0.1, 0.15) is 39.0 Å². The Kier molecular flexibility index (Phi) is 17.7. The molecule has 0 radical (unpaired) electrons. The second-order valence-corrected chi connectivity index (χ2v) is 3.47. The lowest BCUT2D eigenvalue weighted by Crippen LogP contribution is -1.71. The third kappa shape index (κ3) is 17.1. The van der Waals surface area contributed by atoms with Crippen LogP contribution in [0.25, 0.3) is 0 Å². The predicted molar refractivity (Wildman–Crippen MR) is 74.2 cm³/mol. The Bertz CT molecular complexity index is 244. The number of unbranched alkanes of at least 4 members (excludes halogenated alkanes) is 4. The van der Waals surface area contributed by atoms with Gasteiger partial charge in [-0.2, -0.15) is 0 Å². The average Bonchev–Trinajstić information content (AvgIpc) is 2.39. The fourth-order valence-corrected chi connectivity index (χ4v) is 1.14. The molecule has 0 amide bonds. The third-order valence-electron chi connectivity index (χ3n) is 2.02. The van der Waals surface area contributed by atoms with E-state index >= 15 is 0 Å². The first-order chi connectivity index (χ1) is 8.31. The maximum absolute atomic E-state index is 8.63. The molecular formula is C15H24O2. The molecule has 2 nitrogen and oxygen atoms in total. The van der Waals surface area contributed by atoms with E-state index in [-0.39, 0.29) is 0 Å². The summed E-state index contributed by atoms with van der Waals surface area (Å²) in [6, 6.07) is 8.71. The van der Waals surface area contributed by atoms with Crippen LogP contribution in [0.2, 0.25) is 0 Å². The summed E-state index contributed by atoms with van der Waals surface area (Å²) < 4.78 is 0. The van der Waals surface area contributed by atoms with Crippen LogP contribution in [0.5, 0.6) is 5.75 Å². The summed E-state index contributed by atoms with van der Waals surface area (Å²) in [6.45, 7) is 7.89. The van der Waals surface area contributed by atoms with Crippen LogP contribution in [0, 0.1) is 0 Å². The molecule has 0 heterocycles. The number of aromatic hydroxyl groups is 1. The Hall–Kier alpha value is -1.57. The quantitative estimate of drug-likeness (QED) is 0.609. The van der Waals surface area contributed by atoms with Gasteiger partial charge in [-0.25, -0.2) is 0 Å². The van der Waals surface area contributed by atoms with E-state index in [4.69, 9.17) is 9.90 Å². The predicted octanol–water partition coefficient (Wildman–Crippen LogP) is 4.35. The summed E-state index contributed by atoms with van der Waals surface area (Å²) in [7, 11) is 0. The minimum absolute atomic E-state index is 0.322. The molecular weight excluding hydrogens is 212 g/mol. The number of phenolic OH excluding ortho intramolecular Hbond substituents is 1. The van der Waals surface area contributed by atoms with Crippen molar-refractivity contribution in [2.45, 2.75) is 39.0 Å². The van der Waals surface area contributed by atoms with Gasteiger partial charge in [0.1, 0.15) is 12.5 Å². The fraction of sp³-hybridized carbons (Fsp3) is 0.400. The topological polar surface area (TPSA) is 37.3 Å². The zero-order valence-corrected chi connectivity index (χ0v) is 10.8. The Morgan fingerprint density at radius 3 is 2.06 bits per heavy atom. The third-order valence-corrected chi connectivity index (χ3v) is 2.02. The van der Waals surface area contributed by atoms with Gasteiger partial charge >= 0.3 is 0 Å². The number of para-hydroxylation sites is 1. The lowest BCUT2D eigenvalue weighted by molar-refractivity contribution is -0.0979. The Morgan fingerprint density at radius 1 is 1.12 bits per heavy atom. The van der Waals surface area contributed by atoms with Crippen LogP contribution in [-0.2, 0) is 4.79 Å². The standard InChI is InChI=1S/C8H16.C6H6O.CH2O/c1-3-5-7-8-6-4-2;7-6-4-2-1-3-5-6;1-2/h3H,1,4-8H2,2H3;1-5,7H;1H2. The van der Waals surface area contributed by atoms with E-state index in [2.05, 4.69) is 13.5 Å². The highest BCUT2D eigenvalue weighted by atomic mass is 16.3. The van der Waals surface area contributed by atoms with Crippen molar-refractivity contribution >= 4 is 6.79 Å². The maximum Gasteiger partial charge on any atom is 0.115 e. The Balaban J connectivity index is 0. The number of benzene rings is 1. The van der Waals surface area contributed by atoms with E-state index < -0.39 is 0 Å². The second kappa shape index (κ2) is 16.8. The molecule has 0 aliphatic rings. The van der Waals surface area contributed by atoms with E-state index in [0.717, 1.165) is 0 Å². The van der Waals surface area contributed by atoms with Crippen molar-refractivity contribution in [3.63, 3.8) is 0 Å². The van der Waals surface area contributed by atoms with Crippen LogP contribution in [-0.4, -0.2) is 11.9 Å². The molecule has 96 valence electrons. The first-order valence-corrected chi connectivity index (χ1v) is 5.95. The van der Waals surface area contributed by atoms with Crippen molar-refractivity contribution in [3.8, 4) is 5.75 Å². The van der Waals surface area contributed by atoms with Crippen molar-refractivity contribution in [1.29, 1.82) is 0 Å². The Labute approximate surface area is 105 Å². The number of allylic oxidation sites excluding steroid dienone is 1. The molecule has 0 aliphatic carbocycles. The number of carbonyl (C=O) groups excluding carboxylic acids is 1. The minimum atomic E-state index is 0.322. The molecule has 0 spiro atoms. The molecule has 0 fully saturated rings. The van der Waals surface area contributed by atoms with E-state index in [1.807, 2.05) is 18.9 Å². The zero-order chi connectivity index (χ0) is 13.4. The second-order valence-electron chi connectivity index (χ2n) is 3.47. The van der Waals surface area contributed by atoms with Crippen molar-refractivity contribution < 1.29 is 9.90 Å². The van der Waals surface area contributed by atoms with Crippen LogP contribution >= 0.6 is 0 Å². The van der Waals surface area contributed by atoms with Gasteiger partial charge in [-0.05, 0) is 25.0 Å². The normalized spacial score (nSPS) is 8.06. The van der Waals surface area contributed by atoms with Gasteiger partial charge in [0, 0.05) is 0 Å². The fourth-order valence-electron chi connectivity index (χ4n) is 1.14. The number of hydrogen-bond acceptors (Lipinski definition) is 2. The van der Waals surface area contributed by atoms with Gasteiger partial charge in [-0.15, -0.1) is 6.58 Å². The van der Waals surface area contributed by atoms with Gasteiger partial charge < -0.3 is 9.90 Å². The first-order valence-electron chi connectivity index (χ1n) is 5.95. The number of phenols is 1. The first kappa shape index (κ1) is 17.8. The van der Waals surface area contributed by atoms with Crippen molar-refractivity contribution in [2.75, 3.05) is 0 Å². The monoisotopic (exact) mass is 236 g/mol. The molecule has 0 saturated carbocycles. The van der Waals surface area contributed by atoms with Crippen molar-refractivity contribution in [2.24, 2.45) is 0 Å². The summed E-state index contributed by atoms with van der Waals surface area (Å²) in [6.07, 6.45) is 8.61. The van der Waals surface area contributed by atoms with Gasteiger partial charge in [0.05, 0.1) is 0 Å². The highest BCUT2D eigenvalue weighted by Crippen LogP contribution is 2.03. The largest absolute Gasteiger partial charge is 0.508 e. The molecule has 0 unspecified atom stereocenters. The summed E-state index contributed by atoms with van der Waals surface area (Å²) in [5.41, 5.74) is 0.